The van der Waals surface area contributed by atoms with Crippen molar-refractivity contribution in [2.24, 2.45) is 5.92 Å². The van der Waals surface area contributed by atoms with Crippen LogP contribution >= 0.6 is 0 Å². The Morgan fingerprint density at radius 1 is 1.36 bits per heavy atom. The first-order valence-corrected chi connectivity index (χ1v) is 6.78. The van der Waals surface area contributed by atoms with E-state index in [-0.39, 0.29) is 4.75 Å². The van der Waals surface area contributed by atoms with Gasteiger partial charge in [0.2, 0.25) is 0 Å². The van der Waals surface area contributed by atoms with E-state index in [1.54, 1.807) is 0 Å². The molecule has 2 aliphatic rings. The van der Waals surface area contributed by atoms with Crippen LogP contribution in [0.2, 0.25) is 0 Å². The topological polar surface area (TPSA) is 26.1 Å². The van der Waals surface area contributed by atoms with E-state index >= 15 is 0 Å². The molecule has 0 aromatic carbocycles. The van der Waals surface area contributed by atoms with Gasteiger partial charge in [0.25, 0.3) is 0 Å². The predicted molar refractivity (Wildman–Crippen MR) is 60.3 cm³/mol. The van der Waals surface area contributed by atoms with Gasteiger partial charge >= 0.3 is 0 Å². The molecule has 82 valence electrons. The maximum atomic E-state index is 12.2. The number of nitrogens with zero attached hydrogens (tertiary/aromatic N) is 1. The van der Waals surface area contributed by atoms with Crippen molar-refractivity contribution in [1.82, 2.24) is 4.31 Å². The SMILES string of the molecule is CC[C@@H]1[C@H](C2CC2)N1[S+]([O-])C(C)(C)C. The van der Waals surface area contributed by atoms with Crippen LogP contribution in [-0.4, -0.2) is 25.7 Å². The summed E-state index contributed by atoms with van der Waals surface area (Å²) in [7, 11) is 0. The summed E-state index contributed by atoms with van der Waals surface area (Å²) in [6, 6.07) is 1.27. The van der Waals surface area contributed by atoms with Crippen molar-refractivity contribution in [3.05, 3.63) is 0 Å². The van der Waals surface area contributed by atoms with Gasteiger partial charge in [-0.15, -0.1) is 4.31 Å². The molecule has 14 heavy (non-hydrogen) atoms. The highest BCUT2D eigenvalue weighted by molar-refractivity contribution is 7.90. The Morgan fingerprint density at radius 3 is 2.29 bits per heavy atom. The van der Waals surface area contributed by atoms with Gasteiger partial charge in [0.1, 0.15) is 4.75 Å². The fourth-order valence-electron chi connectivity index (χ4n) is 2.21. The molecule has 0 amide bonds. The minimum atomic E-state index is -0.785. The normalized spacial score (nSPS) is 39.6. The first-order valence-electron chi connectivity index (χ1n) is 5.67. The molecule has 4 atom stereocenters. The first-order chi connectivity index (χ1) is 6.46. The molecule has 0 N–H and O–H groups in total. The molecule has 2 fully saturated rings. The summed E-state index contributed by atoms with van der Waals surface area (Å²) in [5, 5.41) is 0. The molecule has 0 spiro atoms. The van der Waals surface area contributed by atoms with Crippen molar-refractivity contribution < 1.29 is 4.55 Å². The van der Waals surface area contributed by atoms with Crippen LogP contribution in [0.3, 0.4) is 0 Å². The third kappa shape index (κ3) is 1.82. The molecule has 0 bridgehead atoms. The van der Waals surface area contributed by atoms with Gasteiger partial charge in [-0.25, -0.2) is 0 Å². The predicted octanol–water partition coefficient (Wildman–Crippen LogP) is 2.32. The second-order valence-electron chi connectivity index (χ2n) is 5.53. The van der Waals surface area contributed by atoms with E-state index in [9.17, 15) is 4.55 Å². The zero-order chi connectivity index (χ0) is 10.5. The standard InChI is InChI=1S/C11H21NOS/c1-5-9-10(8-6-7-8)12(9)14(13)11(2,3)4/h8-10H,5-7H2,1-4H3/t9-,10+,12?,14?/m1/s1. The van der Waals surface area contributed by atoms with E-state index in [0.29, 0.717) is 12.1 Å². The summed E-state index contributed by atoms with van der Waals surface area (Å²) in [4.78, 5) is 0. The van der Waals surface area contributed by atoms with Gasteiger partial charge in [0.15, 0.2) is 0 Å². The van der Waals surface area contributed by atoms with Gasteiger partial charge < -0.3 is 4.55 Å². The maximum Gasteiger partial charge on any atom is 0.137 e. The van der Waals surface area contributed by atoms with E-state index in [1.165, 1.54) is 12.8 Å². The average molecular weight is 215 g/mol. The van der Waals surface area contributed by atoms with E-state index in [0.717, 1.165) is 12.3 Å². The fourth-order valence-corrected chi connectivity index (χ4v) is 3.84. The molecule has 1 saturated heterocycles. The lowest BCUT2D eigenvalue weighted by Crippen LogP contribution is -2.35. The molecule has 1 saturated carbocycles. The van der Waals surface area contributed by atoms with Crippen LogP contribution in [0.25, 0.3) is 0 Å². The molecular formula is C11H21NOS. The Morgan fingerprint density at radius 2 is 1.93 bits per heavy atom. The van der Waals surface area contributed by atoms with Crippen LogP contribution < -0.4 is 0 Å². The zero-order valence-electron chi connectivity index (χ0n) is 9.62. The zero-order valence-corrected chi connectivity index (χ0v) is 10.4. The first kappa shape index (κ1) is 10.8. The highest BCUT2D eigenvalue weighted by Gasteiger charge is 2.62. The van der Waals surface area contributed by atoms with Gasteiger partial charge in [0, 0.05) is 11.4 Å². The van der Waals surface area contributed by atoms with Crippen LogP contribution in [0.15, 0.2) is 0 Å². The third-order valence-corrected chi connectivity index (χ3v) is 5.11. The lowest BCUT2D eigenvalue weighted by atomic mass is 10.2. The van der Waals surface area contributed by atoms with Crippen LogP contribution in [0.4, 0.5) is 0 Å². The lowest BCUT2D eigenvalue weighted by molar-refractivity contribution is 0.502. The molecule has 1 heterocycles. The van der Waals surface area contributed by atoms with E-state index in [4.69, 9.17) is 0 Å². The van der Waals surface area contributed by atoms with Crippen molar-refractivity contribution in [2.75, 3.05) is 0 Å². The highest BCUT2D eigenvalue weighted by Crippen LogP contribution is 2.51. The minimum absolute atomic E-state index is 0.0862. The van der Waals surface area contributed by atoms with Crippen LogP contribution in [0, 0.1) is 5.92 Å². The Labute approximate surface area is 90.4 Å². The summed E-state index contributed by atoms with van der Waals surface area (Å²) >= 11 is -0.785. The van der Waals surface area contributed by atoms with Crippen molar-refractivity contribution in [3.8, 4) is 0 Å². The van der Waals surface area contributed by atoms with Gasteiger partial charge in [-0.3, -0.25) is 0 Å². The van der Waals surface area contributed by atoms with Crippen molar-refractivity contribution in [2.45, 2.75) is 63.8 Å². The smallest absolute Gasteiger partial charge is 0.137 e. The van der Waals surface area contributed by atoms with E-state index in [1.807, 2.05) is 0 Å². The Bertz CT molecular complexity index is 222. The molecule has 1 aliphatic carbocycles. The Hall–Kier alpha value is 0.270. The summed E-state index contributed by atoms with van der Waals surface area (Å²) in [5.41, 5.74) is 0. The highest BCUT2D eigenvalue weighted by atomic mass is 32.2. The average Bonchev–Trinajstić information content (AvgIpc) is 2.94. The van der Waals surface area contributed by atoms with Crippen LogP contribution in [0.5, 0.6) is 0 Å². The molecule has 0 aromatic heterocycles. The molecule has 0 radical (unpaired) electrons. The molecule has 3 heteroatoms. The lowest BCUT2D eigenvalue weighted by Gasteiger charge is -2.24. The number of hydrogen-bond acceptors (Lipinski definition) is 2. The fraction of sp³-hybridized carbons (Fsp3) is 1.00. The van der Waals surface area contributed by atoms with E-state index in [2.05, 4.69) is 32.0 Å². The van der Waals surface area contributed by atoms with Crippen molar-refractivity contribution >= 4 is 11.4 Å². The second kappa shape index (κ2) is 3.39. The van der Waals surface area contributed by atoms with Crippen molar-refractivity contribution in [3.63, 3.8) is 0 Å². The number of hydrogen-bond donors (Lipinski definition) is 0. The summed E-state index contributed by atoms with van der Waals surface area (Å²) < 4.78 is 14.3. The van der Waals surface area contributed by atoms with Crippen LogP contribution in [0.1, 0.15) is 47.0 Å². The van der Waals surface area contributed by atoms with E-state index < -0.39 is 11.4 Å². The minimum Gasteiger partial charge on any atom is -0.597 e. The van der Waals surface area contributed by atoms with Gasteiger partial charge in [-0.1, -0.05) is 6.92 Å². The Kier molecular flexibility index (Phi) is 2.61. The molecule has 2 unspecified atom stereocenters. The quantitative estimate of drug-likeness (QED) is 0.533. The molecule has 1 aliphatic heterocycles. The summed E-state index contributed by atoms with van der Waals surface area (Å²) in [6.45, 7) is 8.41. The number of rotatable bonds is 3. The largest absolute Gasteiger partial charge is 0.597 e. The van der Waals surface area contributed by atoms with Gasteiger partial charge in [-0.05, 0) is 46.0 Å². The molecule has 2 nitrogen and oxygen atoms in total. The third-order valence-electron chi connectivity index (χ3n) is 3.16. The molecule has 2 rings (SSSR count). The Balaban J connectivity index is 1.98. The maximum absolute atomic E-state index is 12.2. The van der Waals surface area contributed by atoms with Crippen molar-refractivity contribution in [1.29, 1.82) is 0 Å². The van der Waals surface area contributed by atoms with Crippen LogP contribution in [-0.2, 0) is 11.4 Å². The summed E-state index contributed by atoms with van der Waals surface area (Å²) in [5.74, 6) is 0.867. The molecule has 0 aromatic rings. The van der Waals surface area contributed by atoms with Gasteiger partial charge in [0.05, 0.1) is 12.1 Å². The molecular weight excluding hydrogens is 194 g/mol. The second-order valence-corrected chi connectivity index (χ2v) is 7.67. The monoisotopic (exact) mass is 215 g/mol. The summed E-state index contributed by atoms with van der Waals surface area (Å²) in [6.07, 6.45) is 3.88. The van der Waals surface area contributed by atoms with Gasteiger partial charge in [-0.2, -0.15) is 0 Å².